The molecular formula is C17H18N2O2. The van der Waals surface area contributed by atoms with Gasteiger partial charge in [-0.05, 0) is 41.8 Å². The van der Waals surface area contributed by atoms with Crippen LogP contribution in [0.1, 0.15) is 27.0 Å². The average molecular weight is 282 g/mol. The molecule has 0 aliphatic carbocycles. The van der Waals surface area contributed by atoms with Gasteiger partial charge in [0.2, 0.25) is 0 Å². The monoisotopic (exact) mass is 282 g/mol. The molecule has 1 amide bonds. The van der Waals surface area contributed by atoms with E-state index in [0.717, 1.165) is 25.1 Å². The minimum absolute atomic E-state index is 0.209. The minimum Gasteiger partial charge on any atom is -0.312 e. The number of fused-ring (bicyclic) bond motifs is 1. The largest absolute Gasteiger partial charge is 0.312 e. The zero-order chi connectivity index (χ0) is 14.5. The predicted octanol–water partition coefficient (Wildman–Crippen LogP) is 2.19. The lowest BCUT2D eigenvalue weighted by atomic mass is 9.98. The van der Waals surface area contributed by atoms with Crippen LogP contribution in [-0.4, -0.2) is 12.5 Å². The second kappa shape index (κ2) is 6.52. The van der Waals surface area contributed by atoms with E-state index in [9.17, 15) is 4.79 Å². The van der Waals surface area contributed by atoms with Crippen molar-refractivity contribution in [3.63, 3.8) is 0 Å². The number of carbonyl (C=O) groups excluding carboxylic acids is 1. The predicted molar refractivity (Wildman–Crippen MR) is 80.5 cm³/mol. The maximum Gasteiger partial charge on any atom is 0.274 e. The van der Waals surface area contributed by atoms with Crippen LogP contribution in [0.15, 0.2) is 48.5 Å². The third kappa shape index (κ3) is 3.48. The molecule has 108 valence electrons. The summed E-state index contributed by atoms with van der Waals surface area (Å²) in [4.78, 5) is 17.3. The molecule has 3 rings (SSSR count). The van der Waals surface area contributed by atoms with Crippen LogP contribution in [0.5, 0.6) is 0 Å². The Morgan fingerprint density at radius 3 is 2.86 bits per heavy atom. The molecule has 21 heavy (non-hydrogen) atoms. The van der Waals surface area contributed by atoms with Gasteiger partial charge in [0.15, 0.2) is 0 Å². The molecule has 0 atom stereocenters. The van der Waals surface area contributed by atoms with Crippen molar-refractivity contribution in [2.24, 2.45) is 0 Å². The van der Waals surface area contributed by atoms with Gasteiger partial charge in [0, 0.05) is 12.1 Å². The first-order chi connectivity index (χ1) is 10.3. The Kier molecular flexibility index (Phi) is 4.28. The molecule has 0 bridgehead atoms. The molecule has 2 aromatic carbocycles. The van der Waals surface area contributed by atoms with E-state index in [1.165, 1.54) is 11.1 Å². The molecule has 1 aliphatic heterocycles. The molecule has 0 fully saturated rings. The van der Waals surface area contributed by atoms with Crippen LogP contribution in [0, 0.1) is 0 Å². The topological polar surface area (TPSA) is 50.4 Å². The van der Waals surface area contributed by atoms with Crippen molar-refractivity contribution in [3.05, 3.63) is 70.8 Å². The van der Waals surface area contributed by atoms with Gasteiger partial charge in [0.05, 0.1) is 6.61 Å². The second-order valence-corrected chi connectivity index (χ2v) is 5.12. The first kappa shape index (κ1) is 13.8. The summed E-state index contributed by atoms with van der Waals surface area (Å²) < 4.78 is 0. The SMILES string of the molecule is O=C(NOCc1ccccc1)c1ccc2c(c1)CNCC2. The van der Waals surface area contributed by atoms with Gasteiger partial charge in [-0.2, -0.15) is 0 Å². The molecule has 4 nitrogen and oxygen atoms in total. The van der Waals surface area contributed by atoms with E-state index in [1.54, 1.807) is 0 Å². The highest BCUT2D eigenvalue weighted by Crippen LogP contribution is 2.15. The summed E-state index contributed by atoms with van der Waals surface area (Å²) in [7, 11) is 0. The number of carbonyl (C=O) groups is 1. The molecule has 0 spiro atoms. The average Bonchev–Trinajstić information content (AvgIpc) is 2.55. The van der Waals surface area contributed by atoms with Gasteiger partial charge in [0.1, 0.15) is 0 Å². The van der Waals surface area contributed by atoms with Crippen LogP contribution >= 0.6 is 0 Å². The third-order valence-corrected chi connectivity index (χ3v) is 3.60. The zero-order valence-electron chi connectivity index (χ0n) is 11.8. The van der Waals surface area contributed by atoms with Crippen molar-refractivity contribution < 1.29 is 9.63 Å². The lowest BCUT2D eigenvalue weighted by Crippen LogP contribution is -2.26. The summed E-state index contributed by atoms with van der Waals surface area (Å²) in [5, 5.41) is 3.31. The van der Waals surface area contributed by atoms with Crippen LogP contribution in [0.25, 0.3) is 0 Å². The number of nitrogens with one attached hydrogen (secondary N) is 2. The van der Waals surface area contributed by atoms with Gasteiger partial charge < -0.3 is 5.32 Å². The number of hydrogen-bond donors (Lipinski definition) is 2. The van der Waals surface area contributed by atoms with Gasteiger partial charge >= 0.3 is 0 Å². The maximum absolute atomic E-state index is 12.1. The Balaban J connectivity index is 1.58. The number of rotatable bonds is 4. The van der Waals surface area contributed by atoms with Gasteiger partial charge in [0.25, 0.3) is 5.91 Å². The highest BCUT2D eigenvalue weighted by atomic mass is 16.6. The lowest BCUT2D eigenvalue weighted by molar-refractivity contribution is 0.0233. The molecule has 1 aliphatic rings. The van der Waals surface area contributed by atoms with Gasteiger partial charge in [-0.3, -0.25) is 9.63 Å². The lowest BCUT2D eigenvalue weighted by Gasteiger charge is -2.17. The molecule has 0 saturated carbocycles. The molecule has 0 unspecified atom stereocenters. The number of benzene rings is 2. The van der Waals surface area contributed by atoms with Crippen molar-refractivity contribution in [2.75, 3.05) is 6.54 Å². The molecule has 2 aromatic rings. The van der Waals surface area contributed by atoms with Crippen molar-refractivity contribution in [1.29, 1.82) is 0 Å². The normalized spacial score (nSPS) is 13.5. The zero-order valence-corrected chi connectivity index (χ0v) is 11.8. The van der Waals surface area contributed by atoms with Crippen molar-refractivity contribution in [1.82, 2.24) is 10.8 Å². The Bertz CT molecular complexity index is 626. The Morgan fingerprint density at radius 2 is 2.00 bits per heavy atom. The van der Waals surface area contributed by atoms with Crippen LogP contribution in [0.2, 0.25) is 0 Å². The second-order valence-electron chi connectivity index (χ2n) is 5.12. The summed E-state index contributed by atoms with van der Waals surface area (Å²) in [6.07, 6.45) is 1.02. The van der Waals surface area contributed by atoms with Crippen molar-refractivity contribution in [3.8, 4) is 0 Å². The van der Waals surface area contributed by atoms with Crippen LogP contribution < -0.4 is 10.8 Å². The molecule has 0 radical (unpaired) electrons. The number of amides is 1. The summed E-state index contributed by atoms with van der Waals surface area (Å²) in [5.74, 6) is -0.209. The molecule has 2 N–H and O–H groups in total. The van der Waals surface area contributed by atoms with E-state index < -0.39 is 0 Å². The van der Waals surface area contributed by atoms with E-state index >= 15 is 0 Å². The minimum atomic E-state index is -0.209. The highest BCUT2D eigenvalue weighted by molar-refractivity contribution is 5.93. The van der Waals surface area contributed by atoms with Crippen LogP contribution in [0.4, 0.5) is 0 Å². The summed E-state index contributed by atoms with van der Waals surface area (Å²) in [6, 6.07) is 15.6. The van der Waals surface area contributed by atoms with Crippen molar-refractivity contribution in [2.45, 2.75) is 19.6 Å². The summed E-state index contributed by atoms with van der Waals surface area (Å²) in [5.41, 5.74) is 6.65. The number of hydroxylamine groups is 1. The Morgan fingerprint density at radius 1 is 1.14 bits per heavy atom. The van der Waals surface area contributed by atoms with E-state index in [0.29, 0.717) is 12.2 Å². The Hall–Kier alpha value is -2.17. The highest BCUT2D eigenvalue weighted by Gasteiger charge is 2.12. The summed E-state index contributed by atoms with van der Waals surface area (Å²) >= 11 is 0. The molecule has 0 saturated heterocycles. The van der Waals surface area contributed by atoms with E-state index in [1.807, 2.05) is 48.5 Å². The first-order valence-electron chi connectivity index (χ1n) is 7.11. The molecule has 4 heteroatoms. The fourth-order valence-electron chi connectivity index (χ4n) is 2.44. The van der Waals surface area contributed by atoms with Gasteiger partial charge in [-0.25, -0.2) is 5.48 Å². The Labute approximate surface area is 124 Å². The molecular weight excluding hydrogens is 264 g/mol. The number of hydrogen-bond acceptors (Lipinski definition) is 3. The smallest absolute Gasteiger partial charge is 0.274 e. The fourth-order valence-corrected chi connectivity index (χ4v) is 2.44. The maximum atomic E-state index is 12.1. The first-order valence-corrected chi connectivity index (χ1v) is 7.11. The van der Waals surface area contributed by atoms with Crippen LogP contribution in [0.3, 0.4) is 0 Å². The van der Waals surface area contributed by atoms with Crippen LogP contribution in [-0.2, 0) is 24.4 Å². The van der Waals surface area contributed by atoms with E-state index in [4.69, 9.17) is 4.84 Å². The van der Waals surface area contributed by atoms with Crippen molar-refractivity contribution >= 4 is 5.91 Å². The molecule has 0 aromatic heterocycles. The quantitative estimate of drug-likeness (QED) is 0.845. The standard InChI is InChI=1S/C17H18N2O2/c20-17(19-21-12-13-4-2-1-3-5-13)15-7-6-14-8-9-18-11-16(14)10-15/h1-7,10,18H,8-9,11-12H2,(H,19,20). The van der Waals surface area contributed by atoms with Gasteiger partial charge in [-0.15, -0.1) is 0 Å². The summed E-state index contributed by atoms with van der Waals surface area (Å²) in [6.45, 7) is 2.18. The third-order valence-electron chi connectivity index (χ3n) is 3.60. The van der Waals surface area contributed by atoms with E-state index in [-0.39, 0.29) is 5.91 Å². The van der Waals surface area contributed by atoms with Gasteiger partial charge in [-0.1, -0.05) is 36.4 Å². The van der Waals surface area contributed by atoms with E-state index in [2.05, 4.69) is 10.8 Å². The fraction of sp³-hybridized carbons (Fsp3) is 0.235. The molecule has 1 heterocycles.